The molecule has 1 aliphatic rings. The van der Waals surface area contributed by atoms with Crippen LogP contribution in [0.3, 0.4) is 0 Å². The molecule has 0 amide bonds. The smallest absolute Gasteiger partial charge is 0.161 e. The zero-order chi connectivity index (χ0) is 13.8. The molecule has 0 aromatic heterocycles. The molecule has 19 heavy (non-hydrogen) atoms. The van der Waals surface area contributed by atoms with Gasteiger partial charge in [-0.15, -0.1) is 0 Å². The van der Waals surface area contributed by atoms with Crippen molar-refractivity contribution in [1.82, 2.24) is 5.32 Å². The number of hydrogen-bond acceptors (Lipinski definition) is 3. The second kappa shape index (κ2) is 6.36. The molecule has 2 atom stereocenters. The first-order valence-corrected chi connectivity index (χ1v) is 6.22. The Kier molecular flexibility index (Phi) is 4.79. The summed E-state index contributed by atoms with van der Waals surface area (Å²) in [7, 11) is 0. The summed E-state index contributed by atoms with van der Waals surface area (Å²) in [5, 5.41) is 12.2. The lowest BCUT2D eigenvalue weighted by Gasteiger charge is -2.20. The van der Waals surface area contributed by atoms with Crippen molar-refractivity contribution < 1.29 is 23.0 Å². The van der Waals surface area contributed by atoms with Crippen LogP contribution < -0.4 is 5.32 Å². The van der Waals surface area contributed by atoms with Crippen LogP contribution in [0.5, 0.6) is 0 Å². The van der Waals surface area contributed by atoms with Gasteiger partial charge in [0.15, 0.2) is 11.6 Å². The molecule has 1 saturated heterocycles. The molecule has 3 nitrogen and oxygen atoms in total. The maximum Gasteiger partial charge on any atom is 0.161 e. The molecule has 1 aromatic carbocycles. The molecule has 0 bridgehead atoms. The fraction of sp³-hybridized carbons (Fsp3) is 0.538. The molecule has 106 valence electrons. The minimum atomic E-state index is -1.24. The lowest BCUT2D eigenvalue weighted by molar-refractivity contribution is 0.103. The molecule has 1 aliphatic heterocycles. The summed E-state index contributed by atoms with van der Waals surface area (Å²) in [4.78, 5) is 0. The second-order valence-electron chi connectivity index (χ2n) is 4.57. The first kappa shape index (κ1) is 14.3. The van der Waals surface area contributed by atoms with E-state index in [1.165, 1.54) is 0 Å². The molecule has 0 spiro atoms. The number of aliphatic hydroxyl groups excluding tert-OH is 1. The van der Waals surface area contributed by atoms with Crippen LogP contribution in [0.25, 0.3) is 0 Å². The highest BCUT2D eigenvalue weighted by Crippen LogP contribution is 2.21. The van der Waals surface area contributed by atoms with Gasteiger partial charge in [0.2, 0.25) is 0 Å². The zero-order valence-electron chi connectivity index (χ0n) is 10.3. The first-order valence-electron chi connectivity index (χ1n) is 6.22. The standard InChI is InChI=1S/C13H16F3NO2/c14-10-5-12(16)11(15)4-9(10)13(7-18)17-6-8-2-1-3-19-8/h4-5,8,13,17-18H,1-3,6-7H2. The topological polar surface area (TPSA) is 41.5 Å². The minimum absolute atomic E-state index is 0.0161. The maximum atomic E-state index is 13.6. The van der Waals surface area contributed by atoms with Crippen molar-refractivity contribution in [3.05, 3.63) is 35.1 Å². The summed E-state index contributed by atoms with van der Waals surface area (Å²) >= 11 is 0. The Morgan fingerprint density at radius 1 is 1.26 bits per heavy atom. The highest BCUT2D eigenvalue weighted by atomic mass is 19.2. The summed E-state index contributed by atoms with van der Waals surface area (Å²) in [6.07, 6.45) is 1.88. The third kappa shape index (κ3) is 3.46. The number of aliphatic hydroxyl groups is 1. The van der Waals surface area contributed by atoms with Crippen molar-refractivity contribution in [3.63, 3.8) is 0 Å². The number of ether oxygens (including phenoxy) is 1. The lowest BCUT2D eigenvalue weighted by Crippen LogP contribution is -2.32. The van der Waals surface area contributed by atoms with Gasteiger partial charge in [-0.05, 0) is 18.9 Å². The van der Waals surface area contributed by atoms with Crippen LogP contribution in [0.4, 0.5) is 13.2 Å². The van der Waals surface area contributed by atoms with E-state index in [0.717, 1.165) is 18.9 Å². The van der Waals surface area contributed by atoms with Crippen molar-refractivity contribution in [2.45, 2.75) is 25.0 Å². The summed E-state index contributed by atoms with van der Waals surface area (Å²) in [5.41, 5.74) is -0.0839. The number of hydrogen-bond donors (Lipinski definition) is 2. The fourth-order valence-electron chi connectivity index (χ4n) is 2.16. The lowest BCUT2D eigenvalue weighted by atomic mass is 10.1. The van der Waals surface area contributed by atoms with Crippen LogP contribution in [0.2, 0.25) is 0 Å². The predicted molar refractivity (Wildman–Crippen MR) is 63.1 cm³/mol. The van der Waals surface area contributed by atoms with E-state index in [1.54, 1.807) is 0 Å². The van der Waals surface area contributed by atoms with Crippen LogP contribution >= 0.6 is 0 Å². The van der Waals surface area contributed by atoms with Crippen molar-refractivity contribution in [3.8, 4) is 0 Å². The Morgan fingerprint density at radius 3 is 2.63 bits per heavy atom. The van der Waals surface area contributed by atoms with Gasteiger partial charge < -0.3 is 15.2 Å². The Bertz CT molecular complexity index is 436. The normalized spacial score (nSPS) is 20.7. The highest BCUT2D eigenvalue weighted by Gasteiger charge is 2.21. The van der Waals surface area contributed by atoms with Gasteiger partial charge >= 0.3 is 0 Å². The third-order valence-corrected chi connectivity index (χ3v) is 3.21. The maximum absolute atomic E-state index is 13.6. The molecule has 1 aromatic rings. The molecule has 0 saturated carbocycles. The second-order valence-corrected chi connectivity index (χ2v) is 4.57. The Morgan fingerprint density at radius 2 is 2.00 bits per heavy atom. The average molecular weight is 275 g/mol. The molecule has 0 aliphatic carbocycles. The Hall–Kier alpha value is -1.11. The van der Waals surface area contributed by atoms with E-state index in [4.69, 9.17) is 4.74 Å². The zero-order valence-corrected chi connectivity index (χ0v) is 10.3. The molecular formula is C13H16F3NO2. The minimum Gasteiger partial charge on any atom is -0.394 e. The van der Waals surface area contributed by atoms with E-state index in [1.807, 2.05) is 0 Å². The van der Waals surface area contributed by atoms with Crippen LogP contribution in [-0.4, -0.2) is 31.0 Å². The highest BCUT2D eigenvalue weighted by molar-refractivity contribution is 5.23. The molecule has 1 heterocycles. The number of nitrogens with one attached hydrogen (secondary N) is 1. The summed E-state index contributed by atoms with van der Waals surface area (Å²) in [5.74, 6) is -3.25. The van der Waals surface area contributed by atoms with Gasteiger partial charge in [-0.25, -0.2) is 13.2 Å². The SMILES string of the molecule is OCC(NCC1CCCO1)c1cc(F)c(F)cc1F. The van der Waals surface area contributed by atoms with E-state index in [9.17, 15) is 18.3 Å². The molecule has 0 radical (unpaired) electrons. The molecule has 1 fully saturated rings. The van der Waals surface area contributed by atoms with Crippen molar-refractivity contribution in [2.24, 2.45) is 0 Å². The number of halogens is 3. The summed E-state index contributed by atoms with van der Waals surface area (Å²) in [6, 6.07) is 0.481. The molecule has 2 N–H and O–H groups in total. The van der Waals surface area contributed by atoms with Gasteiger partial charge in [0.25, 0.3) is 0 Å². The van der Waals surface area contributed by atoms with E-state index < -0.39 is 30.1 Å². The summed E-state index contributed by atoms with van der Waals surface area (Å²) < 4.78 is 44.9. The van der Waals surface area contributed by atoms with Gasteiger partial charge in [-0.3, -0.25) is 0 Å². The fourth-order valence-corrected chi connectivity index (χ4v) is 2.16. The quantitative estimate of drug-likeness (QED) is 0.807. The Balaban J connectivity index is 2.05. The average Bonchev–Trinajstić information content (AvgIpc) is 2.89. The Labute approximate surface area is 109 Å². The van der Waals surface area contributed by atoms with E-state index in [-0.39, 0.29) is 11.7 Å². The van der Waals surface area contributed by atoms with Gasteiger partial charge in [0.05, 0.1) is 18.8 Å². The summed E-state index contributed by atoms with van der Waals surface area (Å²) in [6.45, 7) is 0.716. The van der Waals surface area contributed by atoms with Gasteiger partial charge in [0, 0.05) is 24.8 Å². The number of rotatable bonds is 5. The van der Waals surface area contributed by atoms with Crippen molar-refractivity contribution in [2.75, 3.05) is 19.8 Å². The van der Waals surface area contributed by atoms with Crippen LogP contribution in [-0.2, 0) is 4.74 Å². The number of benzene rings is 1. The van der Waals surface area contributed by atoms with Crippen LogP contribution in [0.15, 0.2) is 12.1 Å². The first-order chi connectivity index (χ1) is 9.11. The van der Waals surface area contributed by atoms with E-state index in [0.29, 0.717) is 19.2 Å². The van der Waals surface area contributed by atoms with E-state index >= 15 is 0 Å². The van der Waals surface area contributed by atoms with E-state index in [2.05, 4.69) is 5.32 Å². The van der Waals surface area contributed by atoms with Gasteiger partial charge in [-0.1, -0.05) is 0 Å². The van der Waals surface area contributed by atoms with Crippen LogP contribution in [0.1, 0.15) is 24.4 Å². The van der Waals surface area contributed by atoms with Gasteiger partial charge in [0.1, 0.15) is 5.82 Å². The molecule has 6 heteroatoms. The van der Waals surface area contributed by atoms with Gasteiger partial charge in [-0.2, -0.15) is 0 Å². The van der Waals surface area contributed by atoms with Crippen molar-refractivity contribution in [1.29, 1.82) is 0 Å². The molecule has 2 rings (SSSR count). The molecular weight excluding hydrogens is 259 g/mol. The van der Waals surface area contributed by atoms with Crippen LogP contribution in [0, 0.1) is 17.5 Å². The monoisotopic (exact) mass is 275 g/mol. The largest absolute Gasteiger partial charge is 0.394 e. The predicted octanol–water partition coefficient (Wildman–Crippen LogP) is 1.91. The third-order valence-electron chi connectivity index (χ3n) is 3.21. The molecule has 2 unspecified atom stereocenters. The van der Waals surface area contributed by atoms with Crippen molar-refractivity contribution >= 4 is 0 Å².